The van der Waals surface area contributed by atoms with Crippen molar-refractivity contribution in [2.75, 3.05) is 13.1 Å². The number of hydrogen-bond donors (Lipinski definition) is 2. The Morgan fingerprint density at radius 2 is 1.85 bits per heavy atom. The van der Waals surface area contributed by atoms with Gasteiger partial charge in [-0.1, -0.05) is 30.3 Å². The summed E-state index contributed by atoms with van der Waals surface area (Å²) in [5, 5.41) is 3.41. The molecular weight excluding hydrogens is 246 g/mol. The smallest absolute Gasteiger partial charge is 0.106 e. The van der Waals surface area contributed by atoms with Crippen LogP contribution in [0.2, 0.25) is 0 Å². The van der Waals surface area contributed by atoms with E-state index in [1.54, 1.807) is 0 Å². The minimum absolute atomic E-state index is 0.673. The summed E-state index contributed by atoms with van der Waals surface area (Å²) >= 11 is 0. The Morgan fingerprint density at radius 3 is 2.65 bits per heavy atom. The maximum Gasteiger partial charge on any atom is 0.106 e. The van der Waals surface area contributed by atoms with E-state index in [0.717, 1.165) is 38.2 Å². The summed E-state index contributed by atoms with van der Waals surface area (Å²) in [6, 6.07) is 10.7. The zero-order valence-corrected chi connectivity index (χ0v) is 11.9. The van der Waals surface area contributed by atoms with Gasteiger partial charge in [0.2, 0.25) is 0 Å². The van der Waals surface area contributed by atoms with E-state index in [1.807, 2.05) is 6.20 Å². The van der Waals surface area contributed by atoms with Crippen molar-refractivity contribution in [2.45, 2.75) is 38.0 Å². The number of piperidine rings is 1. The first-order valence-electron chi connectivity index (χ1n) is 7.70. The van der Waals surface area contributed by atoms with E-state index in [0.29, 0.717) is 5.92 Å². The number of rotatable bonds is 5. The molecule has 0 amide bonds. The van der Waals surface area contributed by atoms with E-state index in [2.05, 4.69) is 45.6 Å². The molecule has 0 bridgehead atoms. The highest BCUT2D eigenvalue weighted by atomic mass is 14.9. The summed E-state index contributed by atoms with van der Waals surface area (Å²) in [4.78, 5) is 8.08. The summed E-state index contributed by atoms with van der Waals surface area (Å²) < 4.78 is 0. The van der Waals surface area contributed by atoms with Crippen LogP contribution in [-0.2, 0) is 12.8 Å². The van der Waals surface area contributed by atoms with Crippen LogP contribution in [0.15, 0.2) is 36.5 Å². The molecule has 0 saturated carbocycles. The van der Waals surface area contributed by atoms with Crippen molar-refractivity contribution in [1.29, 1.82) is 0 Å². The van der Waals surface area contributed by atoms with E-state index in [9.17, 15) is 0 Å². The van der Waals surface area contributed by atoms with Crippen molar-refractivity contribution < 1.29 is 0 Å². The maximum atomic E-state index is 4.55. The van der Waals surface area contributed by atoms with E-state index in [1.165, 1.54) is 24.1 Å². The predicted molar refractivity (Wildman–Crippen MR) is 81.9 cm³/mol. The zero-order chi connectivity index (χ0) is 13.6. The minimum atomic E-state index is 0.673. The van der Waals surface area contributed by atoms with Crippen LogP contribution in [0.4, 0.5) is 0 Å². The molecule has 0 atom stereocenters. The van der Waals surface area contributed by atoms with Gasteiger partial charge < -0.3 is 10.3 Å². The van der Waals surface area contributed by atoms with Crippen molar-refractivity contribution >= 4 is 0 Å². The molecule has 1 aliphatic rings. The Labute approximate surface area is 120 Å². The van der Waals surface area contributed by atoms with Crippen molar-refractivity contribution in [2.24, 2.45) is 0 Å². The number of nitrogens with zero attached hydrogens (tertiary/aromatic N) is 1. The molecule has 1 fully saturated rings. The SMILES string of the molecule is c1ccc(CCCc2ncc(C3CCNCC3)[nH]2)cc1. The van der Waals surface area contributed by atoms with Crippen molar-refractivity contribution in [1.82, 2.24) is 15.3 Å². The number of aromatic nitrogens is 2. The summed E-state index contributed by atoms with van der Waals surface area (Å²) in [5.41, 5.74) is 2.75. The molecule has 2 N–H and O–H groups in total. The van der Waals surface area contributed by atoms with Crippen LogP contribution in [0.5, 0.6) is 0 Å². The van der Waals surface area contributed by atoms with Gasteiger partial charge in [-0.05, 0) is 44.3 Å². The minimum Gasteiger partial charge on any atom is -0.346 e. The Bertz CT molecular complexity index is 512. The standard InChI is InChI=1S/C17H23N3/c1-2-5-14(6-3-1)7-4-8-17-19-13-16(20-17)15-9-11-18-12-10-15/h1-3,5-6,13,15,18H,4,7-12H2,(H,19,20). The lowest BCUT2D eigenvalue weighted by molar-refractivity contribution is 0.454. The molecule has 2 heterocycles. The second-order valence-electron chi connectivity index (χ2n) is 5.65. The molecule has 0 radical (unpaired) electrons. The lowest BCUT2D eigenvalue weighted by atomic mass is 9.95. The first-order chi connectivity index (χ1) is 9.92. The van der Waals surface area contributed by atoms with Gasteiger partial charge in [-0.2, -0.15) is 0 Å². The predicted octanol–water partition coefficient (Wildman–Crippen LogP) is 3.05. The Balaban J connectivity index is 1.50. The number of benzene rings is 1. The third kappa shape index (κ3) is 3.48. The molecule has 3 heteroatoms. The monoisotopic (exact) mass is 269 g/mol. The Kier molecular flexibility index (Phi) is 4.49. The highest BCUT2D eigenvalue weighted by Crippen LogP contribution is 2.23. The fraction of sp³-hybridized carbons (Fsp3) is 0.471. The second-order valence-corrected chi connectivity index (χ2v) is 5.65. The van der Waals surface area contributed by atoms with Crippen molar-refractivity contribution in [3.8, 4) is 0 Å². The summed E-state index contributed by atoms with van der Waals surface area (Å²) in [6.45, 7) is 2.26. The molecule has 3 rings (SSSR count). The largest absolute Gasteiger partial charge is 0.346 e. The molecule has 20 heavy (non-hydrogen) atoms. The molecule has 2 aromatic rings. The molecule has 0 spiro atoms. The number of aryl methyl sites for hydroxylation is 2. The zero-order valence-electron chi connectivity index (χ0n) is 11.9. The first kappa shape index (κ1) is 13.4. The molecule has 0 unspecified atom stereocenters. The Morgan fingerprint density at radius 1 is 1.05 bits per heavy atom. The lowest BCUT2D eigenvalue weighted by Gasteiger charge is -2.21. The highest BCUT2D eigenvalue weighted by Gasteiger charge is 2.16. The average Bonchev–Trinajstić information content (AvgIpc) is 2.98. The molecule has 1 aromatic heterocycles. The first-order valence-corrected chi connectivity index (χ1v) is 7.70. The third-order valence-corrected chi connectivity index (χ3v) is 4.15. The van der Waals surface area contributed by atoms with E-state index in [4.69, 9.17) is 0 Å². The molecule has 3 nitrogen and oxygen atoms in total. The van der Waals surface area contributed by atoms with E-state index in [-0.39, 0.29) is 0 Å². The Hall–Kier alpha value is -1.61. The van der Waals surface area contributed by atoms with Gasteiger partial charge >= 0.3 is 0 Å². The van der Waals surface area contributed by atoms with Crippen LogP contribution < -0.4 is 5.32 Å². The molecule has 1 aliphatic heterocycles. The average molecular weight is 269 g/mol. The van der Waals surface area contributed by atoms with E-state index >= 15 is 0 Å². The van der Waals surface area contributed by atoms with Gasteiger partial charge in [0.25, 0.3) is 0 Å². The highest BCUT2D eigenvalue weighted by molar-refractivity contribution is 5.15. The van der Waals surface area contributed by atoms with Crippen molar-refractivity contribution in [3.63, 3.8) is 0 Å². The quantitative estimate of drug-likeness (QED) is 0.876. The molecule has 106 valence electrons. The fourth-order valence-corrected chi connectivity index (χ4v) is 2.95. The number of nitrogens with one attached hydrogen (secondary N) is 2. The van der Waals surface area contributed by atoms with Gasteiger partial charge in [0.1, 0.15) is 5.82 Å². The normalized spacial score (nSPS) is 16.4. The van der Waals surface area contributed by atoms with Crippen LogP contribution in [0, 0.1) is 0 Å². The second kappa shape index (κ2) is 6.71. The molecule has 1 saturated heterocycles. The lowest BCUT2D eigenvalue weighted by Crippen LogP contribution is -2.26. The fourth-order valence-electron chi connectivity index (χ4n) is 2.95. The van der Waals surface area contributed by atoms with Gasteiger partial charge in [0.05, 0.1) is 0 Å². The van der Waals surface area contributed by atoms with Gasteiger partial charge in [-0.25, -0.2) is 4.98 Å². The van der Waals surface area contributed by atoms with Gasteiger partial charge in [0, 0.05) is 24.2 Å². The van der Waals surface area contributed by atoms with Crippen molar-refractivity contribution in [3.05, 3.63) is 53.6 Å². The number of H-pyrrole nitrogens is 1. The van der Waals surface area contributed by atoms with Gasteiger partial charge in [0.15, 0.2) is 0 Å². The van der Waals surface area contributed by atoms with Crippen LogP contribution in [0.1, 0.15) is 42.3 Å². The van der Waals surface area contributed by atoms with Crippen LogP contribution in [-0.4, -0.2) is 23.1 Å². The molecular formula is C17H23N3. The number of aromatic amines is 1. The van der Waals surface area contributed by atoms with Crippen LogP contribution in [0.25, 0.3) is 0 Å². The van der Waals surface area contributed by atoms with Crippen LogP contribution in [0.3, 0.4) is 0 Å². The summed E-state index contributed by atoms with van der Waals surface area (Å²) in [6.07, 6.45) is 7.83. The number of imidazole rings is 1. The van der Waals surface area contributed by atoms with Gasteiger partial charge in [-0.3, -0.25) is 0 Å². The van der Waals surface area contributed by atoms with Crippen LogP contribution >= 0.6 is 0 Å². The summed E-state index contributed by atoms with van der Waals surface area (Å²) in [5.74, 6) is 1.82. The summed E-state index contributed by atoms with van der Waals surface area (Å²) in [7, 11) is 0. The number of hydrogen-bond acceptors (Lipinski definition) is 2. The molecule has 1 aromatic carbocycles. The topological polar surface area (TPSA) is 40.7 Å². The van der Waals surface area contributed by atoms with Gasteiger partial charge in [-0.15, -0.1) is 0 Å². The maximum absolute atomic E-state index is 4.55. The molecule has 0 aliphatic carbocycles. The third-order valence-electron chi connectivity index (χ3n) is 4.15. The van der Waals surface area contributed by atoms with E-state index < -0.39 is 0 Å².